The number of aromatic nitrogens is 2. The van der Waals surface area contributed by atoms with Gasteiger partial charge in [0, 0.05) is 32.2 Å². The molecule has 116 valence electrons. The minimum absolute atomic E-state index is 0.769. The molecule has 3 rings (SSSR count). The van der Waals surface area contributed by atoms with E-state index in [2.05, 4.69) is 32.0 Å². The Morgan fingerprint density at radius 3 is 2.76 bits per heavy atom. The van der Waals surface area contributed by atoms with Gasteiger partial charge in [-0.3, -0.25) is 14.8 Å². The molecule has 3 heterocycles. The first kappa shape index (κ1) is 14.7. The maximum absolute atomic E-state index is 4.54. The second kappa shape index (κ2) is 7.18. The molecule has 2 fully saturated rings. The van der Waals surface area contributed by atoms with Gasteiger partial charge >= 0.3 is 0 Å². The Morgan fingerprint density at radius 1 is 1.19 bits per heavy atom. The molecule has 1 unspecified atom stereocenters. The number of hydrogen-bond donors (Lipinski definition) is 1. The minimum atomic E-state index is 0.769. The maximum Gasteiger partial charge on any atom is 0.144 e. The highest BCUT2D eigenvalue weighted by atomic mass is 15.3. The van der Waals surface area contributed by atoms with Gasteiger partial charge in [0.2, 0.25) is 0 Å². The van der Waals surface area contributed by atoms with E-state index in [1.807, 2.05) is 12.4 Å². The molecule has 0 bridgehead atoms. The number of likely N-dealkylation sites (tertiary alicyclic amines) is 2. The summed E-state index contributed by atoms with van der Waals surface area (Å²) in [5.74, 6) is 0.886. The zero-order chi connectivity index (χ0) is 14.5. The molecule has 21 heavy (non-hydrogen) atoms. The fourth-order valence-electron chi connectivity index (χ4n) is 3.37. The van der Waals surface area contributed by atoms with E-state index < -0.39 is 0 Å². The molecule has 1 N–H and O–H groups in total. The zero-order valence-electron chi connectivity index (χ0n) is 13.1. The average molecular weight is 289 g/mol. The molecule has 2 aliphatic heterocycles. The quantitative estimate of drug-likeness (QED) is 0.867. The lowest BCUT2D eigenvalue weighted by molar-refractivity contribution is 0.229. The van der Waals surface area contributed by atoms with Crippen molar-refractivity contribution in [1.29, 1.82) is 0 Å². The maximum atomic E-state index is 4.54. The van der Waals surface area contributed by atoms with Gasteiger partial charge in [-0.2, -0.15) is 0 Å². The summed E-state index contributed by atoms with van der Waals surface area (Å²) in [5, 5.41) is 3.27. The largest absolute Gasteiger partial charge is 0.369 e. The van der Waals surface area contributed by atoms with Crippen LogP contribution in [0.2, 0.25) is 0 Å². The third-order valence-corrected chi connectivity index (χ3v) is 4.55. The minimum Gasteiger partial charge on any atom is -0.369 e. The van der Waals surface area contributed by atoms with E-state index in [-0.39, 0.29) is 0 Å². The second-order valence-electron chi connectivity index (χ2n) is 6.24. The number of rotatable bonds is 6. The van der Waals surface area contributed by atoms with Crippen LogP contribution in [0.4, 0.5) is 5.82 Å². The summed E-state index contributed by atoms with van der Waals surface area (Å²) in [7, 11) is 0. The summed E-state index contributed by atoms with van der Waals surface area (Å²) >= 11 is 0. The molecule has 0 radical (unpaired) electrons. The first-order valence-electron chi connectivity index (χ1n) is 8.36. The first-order valence-corrected chi connectivity index (χ1v) is 8.36. The van der Waals surface area contributed by atoms with E-state index >= 15 is 0 Å². The van der Waals surface area contributed by atoms with E-state index in [0.717, 1.165) is 37.1 Å². The Kier molecular flexibility index (Phi) is 5.04. The van der Waals surface area contributed by atoms with Gasteiger partial charge in [0.25, 0.3) is 0 Å². The van der Waals surface area contributed by atoms with Gasteiger partial charge in [0.1, 0.15) is 5.82 Å². The predicted molar refractivity (Wildman–Crippen MR) is 85.3 cm³/mol. The Balaban J connectivity index is 1.48. The summed E-state index contributed by atoms with van der Waals surface area (Å²) < 4.78 is 0. The molecule has 0 aliphatic carbocycles. The van der Waals surface area contributed by atoms with Crippen LogP contribution in [0.3, 0.4) is 0 Å². The molecular formula is C16H27N5. The standard InChI is InChI=1S/C16H27N5/c1-2-6-17-16-11-18-14(10-19-16)12-20-9-5-15(13-20)21-7-3-4-8-21/h10-11,15H,2-9,12-13H2,1H3,(H,17,19). The van der Waals surface area contributed by atoms with Crippen molar-refractivity contribution in [2.45, 2.75) is 45.2 Å². The normalized spacial score (nSPS) is 23.8. The number of hydrogen-bond acceptors (Lipinski definition) is 5. The molecule has 2 saturated heterocycles. The zero-order valence-corrected chi connectivity index (χ0v) is 13.1. The van der Waals surface area contributed by atoms with Crippen molar-refractivity contribution in [3.8, 4) is 0 Å². The highest BCUT2D eigenvalue weighted by molar-refractivity contribution is 5.30. The van der Waals surface area contributed by atoms with Crippen molar-refractivity contribution < 1.29 is 0 Å². The van der Waals surface area contributed by atoms with E-state index in [4.69, 9.17) is 0 Å². The molecule has 0 saturated carbocycles. The van der Waals surface area contributed by atoms with Crippen LogP contribution >= 0.6 is 0 Å². The van der Waals surface area contributed by atoms with Crippen LogP contribution in [0.15, 0.2) is 12.4 Å². The fourth-order valence-corrected chi connectivity index (χ4v) is 3.37. The Hall–Kier alpha value is -1.20. The van der Waals surface area contributed by atoms with Crippen molar-refractivity contribution in [3.05, 3.63) is 18.1 Å². The van der Waals surface area contributed by atoms with Crippen molar-refractivity contribution in [2.24, 2.45) is 0 Å². The fraction of sp³-hybridized carbons (Fsp3) is 0.750. The van der Waals surface area contributed by atoms with Crippen LogP contribution in [0.1, 0.15) is 38.3 Å². The Labute approximate surface area is 127 Å². The Morgan fingerprint density at radius 2 is 2.05 bits per heavy atom. The highest BCUT2D eigenvalue weighted by Gasteiger charge is 2.29. The highest BCUT2D eigenvalue weighted by Crippen LogP contribution is 2.21. The molecule has 1 aromatic rings. The van der Waals surface area contributed by atoms with Gasteiger partial charge in [-0.15, -0.1) is 0 Å². The monoisotopic (exact) mass is 289 g/mol. The van der Waals surface area contributed by atoms with Crippen LogP contribution < -0.4 is 5.32 Å². The SMILES string of the molecule is CCCNc1cnc(CN2CCC(N3CCCC3)C2)cn1. The van der Waals surface area contributed by atoms with Gasteiger partial charge in [-0.1, -0.05) is 6.92 Å². The molecule has 2 aliphatic rings. The van der Waals surface area contributed by atoms with Gasteiger partial charge in [0.05, 0.1) is 18.1 Å². The van der Waals surface area contributed by atoms with Crippen LogP contribution in [0.5, 0.6) is 0 Å². The van der Waals surface area contributed by atoms with Gasteiger partial charge in [-0.05, 0) is 38.8 Å². The molecule has 0 aromatic carbocycles. The van der Waals surface area contributed by atoms with Crippen LogP contribution in [-0.4, -0.2) is 58.5 Å². The smallest absolute Gasteiger partial charge is 0.144 e. The molecule has 0 spiro atoms. The number of nitrogens with zero attached hydrogens (tertiary/aromatic N) is 4. The van der Waals surface area contributed by atoms with Crippen LogP contribution in [-0.2, 0) is 6.54 Å². The van der Waals surface area contributed by atoms with Gasteiger partial charge < -0.3 is 5.32 Å². The van der Waals surface area contributed by atoms with E-state index in [1.165, 1.54) is 45.4 Å². The summed E-state index contributed by atoms with van der Waals surface area (Å²) in [6.07, 6.45) is 8.96. The molecule has 1 atom stereocenters. The molecule has 1 aromatic heterocycles. The lowest BCUT2D eigenvalue weighted by Crippen LogP contribution is -2.35. The summed E-state index contributed by atoms with van der Waals surface area (Å²) in [5.41, 5.74) is 1.08. The molecule has 5 nitrogen and oxygen atoms in total. The second-order valence-corrected chi connectivity index (χ2v) is 6.24. The lowest BCUT2D eigenvalue weighted by atomic mass is 10.2. The van der Waals surface area contributed by atoms with Crippen molar-refractivity contribution in [1.82, 2.24) is 19.8 Å². The predicted octanol–water partition coefficient (Wildman–Crippen LogP) is 1.97. The third-order valence-electron chi connectivity index (χ3n) is 4.55. The third kappa shape index (κ3) is 3.92. The van der Waals surface area contributed by atoms with E-state index in [1.54, 1.807) is 0 Å². The summed E-state index contributed by atoms with van der Waals surface area (Å²) in [6, 6.07) is 0.769. The van der Waals surface area contributed by atoms with Crippen molar-refractivity contribution in [2.75, 3.05) is 38.0 Å². The van der Waals surface area contributed by atoms with Crippen molar-refractivity contribution >= 4 is 5.82 Å². The average Bonchev–Trinajstić information content (AvgIpc) is 3.17. The van der Waals surface area contributed by atoms with Crippen molar-refractivity contribution in [3.63, 3.8) is 0 Å². The molecule has 0 amide bonds. The van der Waals surface area contributed by atoms with E-state index in [0.29, 0.717) is 0 Å². The molecule has 5 heteroatoms. The first-order chi connectivity index (χ1) is 10.3. The van der Waals surface area contributed by atoms with Gasteiger partial charge in [-0.25, -0.2) is 4.98 Å². The Bertz CT molecular complexity index is 427. The topological polar surface area (TPSA) is 44.3 Å². The number of anilines is 1. The van der Waals surface area contributed by atoms with Crippen LogP contribution in [0.25, 0.3) is 0 Å². The lowest BCUT2D eigenvalue weighted by Gasteiger charge is -2.23. The van der Waals surface area contributed by atoms with E-state index in [9.17, 15) is 0 Å². The number of nitrogens with one attached hydrogen (secondary N) is 1. The summed E-state index contributed by atoms with van der Waals surface area (Å²) in [4.78, 5) is 14.2. The molecular weight excluding hydrogens is 262 g/mol. The summed E-state index contributed by atoms with van der Waals surface area (Å²) in [6.45, 7) is 9.03. The van der Waals surface area contributed by atoms with Crippen LogP contribution in [0, 0.1) is 0 Å². The van der Waals surface area contributed by atoms with Gasteiger partial charge in [0.15, 0.2) is 0 Å².